The van der Waals surface area contributed by atoms with Crippen LogP contribution in [-0.2, 0) is 14.4 Å². The second kappa shape index (κ2) is 8.50. The average Bonchev–Trinajstić information content (AvgIpc) is 2.37. The highest BCUT2D eigenvalue weighted by molar-refractivity contribution is 5.84. The summed E-state index contributed by atoms with van der Waals surface area (Å²) in [6.45, 7) is 0.0117. The fraction of sp³-hybridized carbons (Fsp3) is 0.769. The van der Waals surface area contributed by atoms with Gasteiger partial charge in [0.1, 0.15) is 0 Å². The first kappa shape index (κ1) is 15.5. The Hall–Kier alpha value is -1.59. The van der Waals surface area contributed by atoms with Crippen LogP contribution < -0.4 is 10.6 Å². The first-order valence-electron chi connectivity index (χ1n) is 6.83. The standard InChI is InChI=1S/C13H22N2O4/c16-11(8-10-4-2-1-3-5-10)15-9-12(17)14-7-6-13(18)19/h10H,1-9H2,(H,14,17)(H,15,16)(H,18,19). The second-order valence-electron chi connectivity index (χ2n) is 4.98. The van der Waals surface area contributed by atoms with E-state index in [1.165, 1.54) is 19.3 Å². The van der Waals surface area contributed by atoms with Gasteiger partial charge in [0.15, 0.2) is 0 Å². The van der Waals surface area contributed by atoms with Gasteiger partial charge in [0, 0.05) is 13.0 Å². The third-order valence-corrected chi connectivity index (χ3v) is 3.31. The highest BCUT2D eigenvalue weighted by Crippen LogP contribution is 2.25. The van der Waals surface area contributed by atoms with E-state index in [1.807, 2.05) is 0 Å². The molecule has 2 amide bonds. The normalized spacial score (nSPS) is 15.8. The molecule has 0 bridgehead atoms. The molecule has 0 spiro atoms. The van der Waals surface area contributed by atoms with Crippen LogP contribution in [0.2, 0.25) is 0 Å². The molecule has 1 saturated carbocycles. The maximum absolute atomic E-state index is 11.6. The van der Waals surface area contributed by atoms with Gasteiger partial charge in [0.05, 0.1) is 13.0 Å². The van der Waals surface area contributed by atoms with Crippen molar-refractivity contribution in [1.29, 1.82) is 0 Å². The summed E-state index contributed by atoms with van der Waals surface area (Å²) >= 11 is 0. The summed E-state index contributed by atoms with van der Waals surface area (Å²) in [7, 11) is 0. The minimum absolute atomic E-state index is 0.0782. The summed E-state index contributed by atoms with van der Waals surface area (Å²) in [5.74, 6) is -0.955. The SMILES string of the molecule is O=C(O)CCNC(=O)CNC(=O)CC1CCCCC1. The summed E-state index contributed by atoms with van der Waals surface area (Å²) < 4.78 is 0. The van der Waals surface area contributed by atoms with Crippen LogP contribution in [-0.4, -0.2) is 36.0 Å². The van der Waals surface area contributed by atoms with Gasteiger partial charge in [-0.2, -0.15) is 0 Å². The number of carbonyl (C=O) groups is 3. The van der Waals surface area contributed by atoms with Crippen LogP contribution in [0.4, 0.5) is 0 Å². The maximum atomic E-state index is 11.6. The van der Waals surface area contributed by atoms with E-state index in [0.717, 1.165) is 12.8 Å². The van der Waals surface area contributed by atoms with Crippen molar-refractivity contribution in [3.63, 3.8) is 0 Å². The monoisotopic (exact) mass is 270 g/mol. The summed E-state index contributed by atoms with van der Waals surface area (Å²) in [4.78, 5) is 33.2. The number of nitrogens with one attached hydrogen (secondary N) is 2. The van der Waals surface area contributed by atoms with E-state index in [2.05, 4.69) is 10.6 Å². The minimum Gasteiger partial charge on any atom is -0.481 e. The zero-order chi connectivity index (χ0) is 14.1. The Morgan fingerprint density at radius 3 is 2.32 bits per heavy atom. The molecule has 0 aromatic carbocycles. The smallest absolute Gasteiger partial charge is 0.305 e. The summed E-state index contributed by atoms with van der Waals surface area (Å²) in [6, 6.07) is 0. The molecule has 0 atom stereocenters. The van der Waals surface area contributed by atoms with Crippen LogP contribution in [0.15, 0.2) is 0 Å². The predicted molar refractivity (Wildman–Crippen MR) is 69.5 cm³/mol. The van der Waals surface area contributed by atoms with Gasteiger partial charge in [-0.25, -0.2) is 0 Å². The Kier molecular flexibility index (Phi) is 6.92. The Balaban J connectivity index is 2.08. The third-order valence-electron chi connectivity index (χ3n) is 3.31. The lowest BCUT2D eigenvalue weighted by atomic mass is 9.87. The van der Waals surface area contributed by atoms with Crippen LogP contribution in [0.5, 0.6) is 0 Å². The molecule has 1 aliphatic carbocycles. The van der Waals surface area contributed by atoms with Crippen molar-refractivity contribution in [3.8, 4) is 0 Å². The van der Waals surface area contributed by atoms with Gasteiger partial charge in [-0.15, -0.1) is 0 Å². The molecular formula is C13H22N2O4. The zero-order valence-corrected chi connectivity index (χ0v) is 11.1. The van der Waals surface area contributed by atoms with Crippen LogP contribution in [0.3, 0.4) is 0 Å². The van der Waals surface area contributed by atoms with E-state index < -0.39 is 5.97 Å². The van der Waals surface area contributed by atoms with Gasteiger partial charge in [-0.05, 0) is 18.8 Å². The predicted octanol–water partition coefficient (Wildman–Crippen LogP) is 0.664. The molecule has 0 aromatic rings. The molecule has 19 heavy (non-hydrogen) atoms. The van der Waals surface area contributed by atoms with Gasteiger partial charge < -0.3 is 15.7 Å². The quantitative estimate of drug-likeness (QED) is 0.633. The Morgan fingerprint density at radius 2 is 1.68 bits per heavy atom. The van der Waals surface area contributed by atoms with Gasteiger partial charge in [-0.1, -0.05) is 19.3 Å². The molecule has 1 aliphatic rings. The number of amides is 2. The van der Waals surface area contributed by atoms with Crippen molar-refractivity contribution in [2.75, 3.05) is 13.1 Å². The van der Waals surface area contributed by atoms with Crippen molar-refractivity contribution in [1.82, 2.24) is 10.6 Å². The average molecular weight is 270 g/mol. The molecule has 1 fully saturated rings. The Labute approximate surface area is 112 Å². The first-order chi connectivity index (χ1) is 9.08. The van der Waals surface area contributed by atoms with Crippen molar-refractivity contribution < 1.29 is 19.5 Å². The fourth-order valence-electron chi connectivity index (χ4n) is 2.28. The van der Waals surface area contributed by atoms with E-state index in [9.17, 15) is 14.4 Å². The highest BCUT2D eigenvalue weighted by atomic mass is 16.4. The van der Waals surface area contributed by atoms with E-state index >= 15 is 0 Å². The molecule has 0 saturated heterocycles. The van der Waals surface area contributed by atoms with Crippen molar-refractivity contribution in [3.05, 3.63) is 0 Å². The van der Waals surface area contributed by atoms with Crippen LogP contribution in [0, 0.1) is 5.92 Å². The third kappa shape index (κ3) is 7.43. The molecule has 108 valence electrons. The number of carbonyl (C=O) groups excluding carboxylic acids is 2. The number of carboxylic acid groups (broad SMARTS) is 1. The van der Waals surface area contributed by atoms with Gasteiger partial charge >= 0.3 is 5.97 Å². The van der Waals surface area contributed by atoms with Crippen LogP contribution >= 0.6 is 0 Å². The van der Waals surface area contributed by atoms with Crippen molar-refractivity contribution >= 4 is 17.8 Å². The molecule has 3 N–H and O–H groups in total. The second-order valence-corrected chi connectivity index (χ2v) is 4.98. The largest absolute Gasteiger partial charge is 0.481 e. The molecule has 0 aliphatic heterocycles. The minimum atomic E-state index is -0.957. The Morgan fingerprint density at radius 1 is 1.00 bits per heavy atom. The number of hydrogen-bond acceptors (Lipinski definition) is 3. The first-order valence-corrected chi connectivity index (χ1v) is 6.83. The summed E-state index contributed by atoms with van der Waals surface area (Å²) in [6.07, 6.45) is 6.20. The lowest BCUT2D eigenvalue weighted by Crippen LogP contribution is -2.38. The number of aliphatic carboxylic acids is 1. The number of rotatable bonds is 7. The number of hydrogen-bond donors (Lipinski definition) is 3. The molecule has 0 heterocycles. The molecular weight excluding hydrogens is 248 g/mol. The van der Waals surface area contributed by atoms with E-state index in [0.29, 0.717) is 12.3 Å². The fourth-order valence-corrected chi connectivity index (χ4v) is 2.28. The van der Waals surface area contributed by atoms with Crippen LogP contribution in [0.25, 0.3) is 0 Å². The van der Waals surface area contributed by atoms with E-state index in [1.54, 1.807) is 0 Å². The number of carboxylic acids is 1. The highest BCUT2D eigenvalue weighted by Gasteiger charge is 2.17. The van der Waals surface area contributed by atoms with E-state index in [4.69, 9.17) is 5.11 Å². The molecule has 1 rings (SSSR count). The van der Waals surface area contributed by atoms with Crippen LogP contribution in [0.1, 0.15) is 44.9 Å². The lowest BCUT2D eigenvalue weighted by molar-refractivity contribution is -0.137. The molecule has 0 radical (unpaired) electrons. The lowest BCUT2D eigenvalue weighted by Gasteiger charge is -2.20. The van der Waals surface area contributed by atoms with Gasteiger partial charge in [0.25, 0.3) is 0 Å². The maximum Gasteiger partial charge on any atom is 0.305 e. The van der Waals surface area contributed by atoms with Gasteiger partial charge in [-0.3, -0.25) is 14.4 Å². The summed E-state index contributed by atoms with van der Waals surface area (Å²) in [5, 5.41) is 13.4. The zero-order valence-electron chi connectivity index (χ0n) is 11.1. The van der Waals surface area contributed by atoms with E-state index in [-0.39, 0.29) is 31.3 Å². The molecule has 6 heteroatoms. The molecule has 0 aromatic heterocycles. The molecule has 0 unspecified atom stereocenters. The van der Waals surface area contributed by atoms with Crippen molar-refractivity contribution in [2.24, 2.45) is 5.92 Å². The topological polar surface area (TPSA) is 95.5 Å². The Bertz CT molecular complexity index is 325. The summed E-state index contributed by atoms with van der Waals surface area (Å²) in [5.41, 5.74) is 0. The van der Waals surface area contributed by atoms with Crippen molar-refractivity contribution in [2.45, 2.75) is 44.9 Å². The van der Waals surface area contributed by atoms with Gasteiger partial charge in [0.2, 0.25) is 11.8 Å². The molecule has 6 nitrogen and oxygen atoms in total.